The average Bonchev–Trinajstić information content (AvgIpc) is 3.11. The second-order valence-corrected chi connectivity index (χ2v) is 7.33. The highest BCUT2D eigenvalue weighted by Gasteiger charge is 2.31. The third kappa shape index (κ3) is 5.66. The molecule has 2 heterocycles. The van der Waals surface area contributed by atoms with Crippen LogP contribution < -0.4 is 10.1 Å². The van der Waals surface area contributed by atoms with E-state index in [1.807, 2.05) is 0 Å². The Balaban J connectivity index is 1.99. The number of rotatable bonds is 6. The first-order valence-corrected chi connectivity index (χ1v) is 9.34. The van der Waals surface area contributed by atoms with Crippen molar-refractivity contribution in [3.05, 3.63) is 52.5 Å². The summed E-state index contributed by atoms with van der Waals surface area (Å²) in [6, 6.07) is 9.85. The molecule has 2 N–H and O–H groups in total. The fourth-order valence-corrected chi connectivity index (χ4v) is 3.32. The van der Waals surface area contributed by atoms with Crippen LogP contribution in [0.15, 0.2) is 42.5 Å². The minimum Gasteiger partial charge on any atom is -0.406 e. The van der Waals surface area contributed by atoms with Crippen LogP contribution in [0.3, 0.4) is 0 Å². The number of nitrogens with zero attached hydrogens (tertiary/aromatic N) is 2. The van der Waals surface area contributed by atoms with Gasteiger partial charge in [0.05, 0.1) is 21.5 Å². The van der Waals surface area contributed by atoms with Crippen LogP contribution in [0.25, 0.3) is 22.0 Å². The van der Waals surface area contributed by atoms with Gasteiger partial charge in [-0.05, 0) is 42.5 Å². The Kier molecular flexibility index (Phi) is 6.36. The van der Waals surface area contributed by atoms with E-state index in [2.05, 4.69) is 20.0 Å². The summed E-state index contributed by atoms with van der Waals surface area (Å²) in [5.74, 6) is -0.658. The minimum atomic E-state index is -4.79. The first kappa shape index (κ1) is 21.0. The van der Waals surface area contributed by atoms with Gasteiger partial charge in [-0.2, -0.15) is 0 Å². The highest BCUT2D eigenvalue weighted by molar-refractivity contribution is 7.19. The number of ether oxygens (including phenoxy) is 1. The maximum Gasteiger partial charge on any atom is 0.573 e. The lowest BCUT2D eigenvalue weighted by atomic mass is 10.1. The lowest BCUT2D eigenvalue weighted by Gasteiger charge is -2.10. The largest absolute Gasteiger partial charge is 0.573 e. The number of hydrogen-bond donors (Lipinski definition) is 2. The Bertz CT molecular complexity index is 1010. The Morgan fingerprint density at radius 3 is 2.48 bits per heavy atom. The molecule has 0 bridgehead atoms. The first-order valence-electron chi connectivity index (χ1n) is 8.15. The van der Waals surface area contributed by atoms with Gasteiger partial charge in [-0.25, -0.2) is 9.97 Å². The molecular weight excluding hydrogens is 431 g/mol. The van der Waals surface area contributed by atoms with Crippen molar-refractivity contribution < 1.29 is 27.8 Å². The maximum absolute atomic E-state index is 12.3. The van der Waals surface area contributed by atoms with E-state index in [1.54, 1.807) is 12.1 Å². The van der Waals surface area contributed by atoms with Crippen molar-refractivity contribution in [1.29, 1.82) is 0 Å². The van der Waals surface area contributed by atoms with Crippen molar-refractivity contribution in [3.63, 3.8) is 0 Å². The first-order chi connectivity index (χ1) is 13.7. The SMILES string of the molecule is O=C(NCCO)c1cc(-c2ccc(OC(F)(F)F)cc2)nc(-c2ccc(Cl)s2)n1. The fraction of sp³-hybridized carbons (Fsp3) is 0.167. The molecule has 0 radical (unpaired) electrons. The van der Waals surface area contributed by atoms with Gasteiger partial charge in [0.2, 0.25) is 0 Å². The molecule has 0 saturated carbocycles. The minimum absolute atomic E-state index is 0.0404. The molecule has 152 valence electrons. The molecule has 3 rings (SSSR count). The molecular formula is C18H13ClF3N3O3S. The lowest BCUT2D eigenvalue weighted by molar-refractivity contribution is -0.274. The van der Waals surface area contributed by atoms with E-state index in [4.69, 9.17) is 16.7 Å². The van der Waals surface area contributed by atoms with Crippen molar-refractivity contribution >= 4 is 28.8 Å². The van der Waals surface area contributed by atoms with Crippen molar-refractivity contribution in [2.24, 2.45) is 0 Å². The predicted molar refractivity (Wildman–Crippen MR) is 102 cm³/mol. The van der Waals surface area contributed by atoms with Crippen LogP contribution in [0.1, 0.15) is 10.5 Å². The molecule has 2 aromatic heterocycles. The Hall–Kier alpha value is -2.69. The van der Waals surface area contributed by atoms with Gasteiger partial charge >= 0.3 is 6.36 Å². The van der Waals surface area contributed by atoms with E-state index in [1.165, 1.54) is 29.5 Å². The standard InChI is InChI=1S/C18H13ClF3N3O3S/c19-15-6-5-14(29-15)16-24-12(9-13(25-16)17(27)23-7-8-26)10-1-3-11(4-2-10)28-18(20,21)22/h1-6,9,26H,7-8H2,(H,23,27). The van der Waals surface area contributed by atoms with Gasteiger partial charge in [-0.1, -0.05) is 11.6 Å². The van der Waals surface area contributed by atoms with Crippen LogP contribution in [-0.4, -0.2) is 40.5 Å². The number of aliphatic hydroxyl groups is 1. The number of amides is 1. The molecule has 0 aliphatic rings. The summed E-state index contributed by atoms with van der Waals surface area (Å²) in [4.78, 5) is 21.6. The summed E-state index contributed by atoms with van der Waals surface area (Å²) in [5, 5.41) is 11.4. The van der Waals surface area contributed by atoms with Gasteiger partial charge in [0.1, 0.15) is 11.4 Å². The van der Waals surface area contributed by atoms with Gasteiger partial charge in [0.15, 0.2) is 5.82 Å². The Morgan fingerprint density at radius 1 is 1.17 bits per heavy atom. The molecule has 1 aromatic carbocycles. The number of thiophene rings is 1. The number of carbonyl (C=O) groups excluding carboxylic acids is 1. The number of nitrogens with one attached hydrogen (secondary N) is 1. The molecule has 0 aliphatic carbocycles. The highest BCUT2D eigenvalue weighted by atomic mass is 35.5. The fourth-order valence-electron chi connectivity index (χ4n) is 2.34. The molecule has 3 aromatic rings. The molecule has 0 atom stereocenters. The molecule has 0 aliphatic heterocycles. The normalized spacial score (nSPS) is 11.3. The zero-order valence-electron chi connectivity index (χ0n) is 14.5. The van der Waals surface area contributed by atoms with E-state index >= 15 is 0 Å². The van der Waals surface area contributed by atoms with E-state index in [-0.39, 0.29) is 30.4 Å². The zero-order valence-corrected chi connectivity index (χ0v) is 16.1. The highest BCUT2D eigenvalue weighted by Crippen LogP contribution is 2.31. The summed E-state index contributed by atoms with van der Waals surface area (Å²) in [5.41, 5.74) is 0.827. The smallest absolute Gasteiger partial charge is 0.406 e. The lowest BCUT2D eigenvalue weighted by Crippen LogP contribution is -2.27. The predicted octanol–water partition coefficient (Wildman–Crippen LogP) is 4.15. The maximum atomic E-state index is 12.3. The number of carbonyl (C=O) groups is 1. The average molecular weight is 444 g/mol. The van der Waals surface area contributed by atoms with Crippen LogP contribution in [-0.2, 0) is 0 Å². The van der Waals surface area contributed by atoms with Gasteiger partial charge < -0.3 is 15.2 Å². The Labute approximate surface area is 172 Å². The third-order valence-corrected chi connectivity index (χ3v) is 4.76. The number of halogens is 4. The topological polar surface area (TPSA) is 84.3 Å². The molecule has 29 heavy (non-hydrogen) atoms. The number of hydrogen-bond acceptors (Lipinski definition) is 6. The van der Waals surface area contributed by atoms with Crippen LogP contribution >= 0.6 is 22.9 Å². The Morgan fingerprint density at radius 2 is 1.90 bits per heavy atom. The van der Waals surface area contributed by atoms with Gasteiger partial charge in [0, 0.05) is 12.1 Å². The van der Waals surface area contributed by atoms with Crippen molar-refractivity contribution in [2.75, 3.05) is 13.2 Å². The molecule has 6 nitrogen and oxygen atoms in total. The van der Waals surface area contributed by atoms with Crippen LogP contribution in [0.4, 0.5) is 13.2 Å². The number of aromatic nitrogens is 2. The second-order valence-electron chi connectivity index (χ2n) is 5.62. The second kappa shape index (κ2) is 8.76. The van der Waals surface area contributed by atoms with Crippen molar-refractivity contribution in [1.82, 2.24) is 15.3 Å². The molecule has 0 saturated heterocycles. The quantitative estimate of drug-likeness (QED) is 0.598. The van der Waals surface area contributed by atoms with Gasteiger partial charge in [0.25, 0.3) is 5.91 Å². The van der Waals surface area contributed by atoms with Gasteiger partial charge in [-0.3, -0.25) is 4.79 Å². The molecule has 0 unspecified atom stereocenters. The summed E-state index contributed by atoms with van der Waals surface area (Å²) >= 11 is 7.17. The molecule has 0 spiro atoms. The van der Waals surface area contributed by atoms with E-state index < -0.39 is 12.3 Å². The zero-order chi connectivity index (χ0) is 21.0. The molecule has 1 amide bonds. The summed E-state index contributed by atoms with van der Waals surface area (Å²) in [7, 11) is 0. The third-order valence-electron chi connectivity index (χ3n) is 3.53. The van der Waals surface area contributed by atoms with Crippen molar-refractivity contribution in [2.45, 2.75) is 6.36 Å². The summed E-state index contributed by atoms with van der Waals surface area (Å²) < 4.78 is 41.4. The van der Waals surface area contributed by atoms with E-state index in [0.29, 0.717) is 20.5 Å². The van der Waals surface area contributed by atoms with Crippen molar-refractivity contribution in [3.8, 4) is 27.7 Å². The number of benzene rings is 1. The van der Waals surface area contributed by atoms with E-state index in [0.717, 1.165) is 12.1 Å². The summed E-state index contributed by atoms with van der Waals surface area (Å²) in [6.07, 6.45) is -4.79. The molecule has 0 fully saturated rings. The van der Waals surface area contributed by atoms with Crippen LogP contribution in [0, 0.1) is 0 Å². The van der Waals surface area contributed by atoms with Crippen LogP contribution in [0.5, 0.6) is 5.75 Å². The van der Waals surface area contributed by atoms with Crippen LogP contribution in [0.2, 0.25) is 4.34 Å². The number of alkyl halides is 3. The number of aliphatic hydroxyl groups excluding tert-OH is 1. The molecule has 11 heteroatoms. The van der Waals surface area contributed by atoms with E-state index in [9.17, 15) is 18.0 Å². The monoisotopic (exact) mass is 443 g/mol. The van der Waals surface area contributed by atoms with Gasteiger partial charge in [-0.15, -0.1) is 24.5 Å². The summed E-state index contributed by atoms with van der Waals surface area (Å²) in [6.45, 7) is -0.195.